The molecule has 138 valence electrons. The van der Waals surface area contributed by atoms with Crippen LogP contribution in [0.15, 0.2) is 23.6 Å². The van der Waals surface area contributed by atoms with Crippen LogP contribution in [0, 0.1) is 5.92 Å². The average Bonchev–Trinajstić information content (AvgIpc) is 3.10. The molecule has 8 heteroatoms. The molecule has 0 bridgehead atoms. The van der Waals surface area contributed by atoms with E-state index in [1.165, 1.54) is 11.3 Å². The number of carboxylic acids is 1. The highest BCUT2D eigenvalue weighted by Crippen LogP contribution is 2.35. The molecule has 1 unspecified atom stereocenters. The number of aliphatic carboxylic acids is 1. The molecule has 7 nitrogen and oxygen atoms in total. The van der Waals surface area contributed by atoms with E-state index in [4.69, 9.17) is 9.47 Å². The van der Waals surface area contributed by atoms with Crippen molar-refractivity contribution in [3.05, 3.63) is 29.3 Å². The zero-order valence-electron chi connectivity index (χ0n) is 14.5. The zero-order chi connectivity index (χ0) is 18.7. The van der Waals surface area contributed by atoms with E-state index in [-0.39, 0.29) is 11.6 Å². The van der Waals surface area contributed by atoms with Crippen LogP contribution in [0.3, 0.4) is 0 Å². The highest BCUT2D eigenvalue weighted by molar-refractivity contribution is 7.13. The van der Waals surface area contributed by atoms with Crippen LogP contribution in [0.2, 0.25) is 0 Å². The Labute approximate surface area is 155 Å². The number of carbonyl (C=O) groups is 2. The van der Waals surface area contributed by atoms with Crippen molar-refractivity contribution >= 4 is 23.2 Å². The third-order valence-electron chi connectivity index (χ3n) is 3.84. The molecule has 0 aliphatic carbocycles. The average molecular weight is 376 g/mol. The van der Waals surface area contributed by atoms with Crippen molar-refractivity contribution in [1.82, 2.24) is 10.3 Å². The van der Waals surface area contributed by atoms with E-state index in [0.717, 1.165) is 5.56 Å². The molecule has 26 heavy (non-hydrogen) atoms. The Morgan fingerprint density at radius 1 is 1.27 bits per heavy atom. The summed E-state index contributed by atoms with van der Waals surface area (Å²) in [5.41, 5.74) is 1.02. The number of aromatic nitrogens is 1. The maximum atomic E-state index is 12.3. The first-order valence-corrected chi connectivity index (χ1v) is 9.21. The van der Waals surface area contributed by atoms with Gasteiger partial charge in [0, 0.05) is 10.9 Å². The van der Waals surface area contributed by atoms with Crippen molar-refractivity contribution in [3.8, 4) is 22.1 Å². The van der Waals surface area contributed by atoms with Gasteiger partial charge in [-0.2, -0.15) is 0 Å². The van der Waals surface area contributed by atoms with Crippen LogP contribution < -0.4 is 14.8 Å². The molecule has 0 fully saturated rings. The summed E-state index contributed by atoms with van der Waals surface area (Å²) in [6.07, 6.45) is 0.361. The van der Waals surface area contributed by atoms with Gasteiger partial charge in [-0.05, 0) is 30.5 Å². The minimum Gasteiger partial charge on any atom is -0.486 e. The second-order valence-corrected chi connectivity index (χ2v) is 7.25. The van der Waals surface area contributed by atoms with Crippen LogP contribution in [0.5, 0.6) is 11.5 Å². The van der Waals surface area contributed by atoms with E-state index < -0.39 is 17.9 Å². The number of rotatable bonds is 6. The lowest BCUT2D eigenvalue weighted by molar-refractivity contribution is -0.139. The second kappa shape index (κ2) is 7.74. The molecule has 1 aromatic heterocycles. The highest BCUT2D eigenvalue weighted by Gasteiger charge is 2.23. The maximum Gasteiger partial charge on any atom is 0.326 e. The van der Waals surface area contributed by atoms with Crippen molar-refractivity contribution in [3.63, 3.8) is 0 Å². The molecule has 0 saturated heterocycles. The Morgan fingerprint density at radius 3 is 2.69 bits per heavy atom. The van der Waals surface area contributed by atoms with Gasteiger partial charge >= 0.3 is 5.97 Å². The molecule has 1 amide bonds. The van der Waals surface area contributed by atoms with Crippen molar-refractivity contribution in [2.24, 2.45) is 5.92 Å². The third-order valence-corrected chi connectivity index (χ3v) is 4.73. The number of benzene rings is 1. The van der Waals surface area contributed by atoms with Gasteiger partial charge in [-0.15, -0.1) is 11.3 Å². The lowest BCUT2D eigenvalue weighted by Gasteiger charge is -2.18. The molecule has 2 heterocycles. The van der Waals surface area contributed by atoms with Gasteiger partial charge in [0.15, 0.2) is 11.5 Å². The summed E-state index contributed by atoms with van der Waals surface area (Å²) in [5.74, 6) is -0.0436. The molecule has 2 aromatic rings. The first kappa shape index (κ1) is 18.2. The zero-order valence-corrected chi connectivity index (χ0v) is 15.3. The van der Waals surface area contributed by atoms with E-state index in [0.29, 0.717) is 36.1 Å². The lowest BCUT2D eigenvalue weighted by atomic mass is 10.0. The summed E-state index contributed by atoms with van der Waals surface area (Å²) in [7, 11) is 0. The fourth-order valence-corrected chi connectivity index (χ4v) is 3.41. The van der Waals surface area contributed by atoms with Gasteiger partial charge in [0.25, 0.3) is 5.91 Å². The fraction of sp³-hybridized carbons (Fsp3) is 0.389. The molecular formula is C18H20N2O5S. The number of hydrogen-bond acceptors (Lipinski definition) is 6. The van der Waals surface area contributed by atoms with E-state index in [1.807, 2.05) is 32.0 Å². The van der Waals surface area contributed by atoms with Crippen molar-refractivity contribution in [1.29, 1.82) is 0 Å². The van der Waals surface area contributed by atoms with Gasteiger partial charge in [0.2, 0.25) is 0 Å². The van der Waals surface area contributed by atoms with Gasteiger partial charge in [-0.3, -0.25) is 4.79 Å². The summed E-state index contributed by atoms with van der Waals surface area (Å²) in [5, 5.41) is 14.1. The SMILES string of the molecule is CC(C)CC(NC(=O)c1csc(-c2ccc3c(c2)OCCO3)n1)C(=O)O. The lowest BCUT2D eigenvalue weighted by Crippen LogP contribution is -2.41. The Balaban J connectivity index is 1.74. The number of amides is 1. The van der Waals surface area contributed by atoms with Crippen molar-refractivity contribution < 1.29 is 24.2 Å². The molecular weight excluding hydrogens is 356 g/mol. The Kier molecular flexibility index (Phi) is 5.41. The smallest absolute Gasteiger partial charge is 0.326 e. The number of thiazole rings is 1. The first-order valence-electron chi connectivity index (χ1n) is 8.33. The van der Waals surface area contributed by atoms with Gasteiger partial charge in [-0.25, -0.2) is 9.78 Å². The van der Waals surface area contributed by atoms with E-state index in [2.05, 4.69) is 10.3 Å². The summed E-state index contributed by atoms with van der Waals surface area (Å²) in [6.45, 7) is 4.83. The molecule has 2 N–H and O–H groups in total. The molecule has 1 aromatic carbocycles. The summed E-state index contributed by atoms with van der Waals surface area (Å²) in [4.78, 5) is 28.0. The van der Waals surface area contributed by atoms with Crippen LogP contribution in [0.4, 0.5) is 0 Å². The quantitative estimate of drug-likeness (QED) is 0.805. The monoisotopic (exact) mass is 376 g/mol. The number of ether oxygens (including phenoxy) is 2. The van der Waals surface area contributed by atoms with Gasteiger partial charge < -0.3 is 19.9 Å². The molecule has 3 rings (SSSR count). The number of fused-ring (bicyclic) bond motifs is 1. The molecule has 1 atom stereocenters. The molecule has 1 aliphatic rings. The number of nitrogens with one attached hydrogen (secondary N) is 1. The van der Waals surface area contributed by atoms with E-state index in [9.17, 15) is 14.7 Å². The van der Waals surface area contributed by atoms with Crippen molar-refractivity contribution in [2.45, 2.75) is 26.3 Å². The topological polar surface area (TPSA) is 97.8 Å². The normalized spacial score (nSPS) is 14.1. The third kappa shape index (κ3) is 4.13. The summed E-state index contributed by atoms with van der Waals surface area (Å²) < 4.78 is 11.1. The Hall–Kier alpha value is -2.61. The molecule has 0 saturated carbocycles. The van der Waals surface area contributed by atoms with Gasteiger partial charge in [0.1, 0.15) is 30.0 Å². The van der Waals surface area contributed by atoms with Crippen LogP contribution >= 0.6 is 11.3 Å². The summed E-state index contributed by atoms with van der Waals surface area (Å²) in [6, 6.07) is 4.57. The Morgan fingerprint density at radius 2 is 2.00 bits per heavy atom. The minimum atomic E-state index is -1.05. The predicted octanol–water partition coefficient (Wildman–Crippen LogP) is 2.81. The highest BCUT2D eigenvalue weighted by atomic mass is 32.1. The van der Waals surface area contributed by atoms with Crippen LogP contribution in [0.1, 0.15) is 30.8 Å². The van der Waals surface area contributed by atoms with E-state index >= 15 is 0 Å². The van der Waals surface area contributed by atoms with E-state index in [1.54, 1.807) is 5.38 Å². The minimum absolute atomic E-state index is 0.153. The van der Waals surface area contributed by atoms with Crippen LogP contribution in [0.25, 0.3) is 10.6 Å². The Bertz CT molecular complexity index is 818. The van der Waals surface area contributed by atoms with Gasteiger partial charge in [-0.1, -0.05) is 13.8 Å². The number of carboxylic acid groups (broad SMARTS) is 1. The fourth-order valence-electron chi connectivity index (χ4n) is 2.61. The van der Waals surface area contributed by atoms with Crippen LogP contribution in [-0.4, -0.2) is 41.2 Å². The van der Waals surface area contributed by atoms with Crippen LogP contribution in [-0.2, 0) is 4.79 Å². The number of carbonyl (C=O) groups excluding carboxylic acids is 1. The summed E-state index contributed by atoms with van der Waals surface area (Å²) >= 11 is 1.32. The largest absolute Gasteiger partial charge is 0.486 e. The molecule has 0 radical (unpaired) electrons. The number of hydrogen-bond donors (Lipinski definition) is 2. The molecule has 0 spiro atoms. The van der Waals surface area contributed by atoms with Crippen molar-refractivity contribution in [2.75, 3.05) is 13.2 Å². The molecule has 1 aliphatic heterocycles. The predicted molar refractivity (Wildman–Crippen MR) is 96.9 cm³/mol. The maximum absolute atomic E-state index is 12.3. The standard InChI is InChI=1S/C18H20N2O5S/c1-10(2)7-12(18(22)23)19-16(21)13-9-26-17(20-13)11-3-4-14-15(8-11)25-6-5-24-14/h3-4,8-10,12H,5-7H2,1-2H3,(H,19,21)(H,22,23). The van der Waals surface area contributed by atoms with Gasteiger partial charge in [0.05, 0.1) is 0 Å². The second-order valence-electron chi connectivity index (χ2n) is 6.39. The number of nitrogens with zero attached hydrogens (tertiary/aromatic N) is 1. The first-order chi connectivity index (χ1) is 12.4.